The van der Waals surface area contributed by atoms with E-state index in [1.165, 1.54) is 52.1 Å². The average Bonchev–Trinajstić information content (AvgIpc) is 3.37. The number of benzene rings is 2. The smallest absolute Gasteiger partial charge is 0.328 e. The first-order chi connectivity index (χ1) is 19.5. The predicted octanol–water partition coefficient (Wildman–Crippen LogP) is 5.75. The van der Waals surface area contributed by atoms with Gasteiger partial charge in [-0.15, -0.1) is 0 Å². The molecule has 6 nitrogen and oxygen atoms in total. The Kier molecular flexibility index (Phi) is 6.52. The quantitative estimate of drug-likeness (QED) is 0.360. The maximum atomic E-state index is 14.3. The highest BCUT2D eigenvalue weighted by Crippen LogP contribution is 2.61. The van der Waals surface area contributed by atoms with Crippen LogP contribution in [0.4, 0.5) is 0 Å². The lowest BCUT2D eigenvalue weighted by molar-refractivity contribution is -0.154. The standard InChI is InChI=1S/C34H39N3O3/c1-40-33(39)30-17-29-28(35-22-36(29)13-12-34-18-23-14-24(19-34)16-25(15-23)20-34)21-37(30)32(38)31(26-8-4-2-5-9-26)27-10-6-3-7-11-27/h2-11,22-25,30-31H,12-21H2,1H3/t23?,24?,25?,30-,34?/m0/s1. The van der Waals surface area contributed by atoms with Crippen molar-refractivity contribution >= 4 is 11.9 Å². The number of esters is 1. The van der Waals surface area contributed by atoms with Crippen molar-refractivity contribution in [1.29, 1.82) is 0 Å². The van der Waals surface area contributed by atoms with Crippen LogP contribution in [0.5, 0.6) is 0 Å². The number of amides is 1. The summed E-state index contributed by atoms with van der Waals surface area (Å²) >= 11 is 0. The number of carbonyl (C=O) groups excluding carboxylic acids is 2. The number of aryl methyl sites for hydroxylation is 1. The van der Waals surface area contributed by atoms with Crippen LogP contribution in [0, 0.1) is 23.2 Å². The van der Waals surface area contributed by atoms with Gasteiger partial charge in [0, 0.05) is 18.7 Å². The Labute approximate surface area is 236 Å². The molecule has 0 saturated heterocycles. The van der Waals surface area contributed by atoms with Gasteiger partial charge < -0.3 is 14.2 Å². The third kappa shape index (κ3) is 4.55. The van der Waals surface area contributed by atoms with Crippen LogP contribution in [0.2, 0.25) is 0 Å². The number of fused-ring (bicyclic) bond motifs is 1. The minimum atomic E-state index is -0.671. The molecule has 3 aromatic rings. The van der Waals surface area contributed by atoms with E-state index in [9.17, 15) is 9.59 Å². The van der Waals surface area contributed by atoms with Gasteiger partial charge in [0.25, 0.3) is 0 Å². The van der Waals surface area contributed by atoms with E-state index < -0.39 is 12.0 Å². The number of rotatable bonds is 7. The van der Waals surface area contributed by atoms with Gasteiger partial charge in [0.15, 0.2) is 0 Å². The van der Waals surface area contributed by atoms with Gasteiger partial charge in [-0.25, -0.2) is 9.78 Å². The summed E-state index contributed by atoms with van der Waals surface area (Å²) in [7, 11) is 1.41. The average molecular weight is 538 g/mol. The molecule has 0 radical (unpaired) electrons. The Morgan fingerprint density at radius 1 is 0.925 bits per heavy atom. The highest BCUT2D eigenvalue weighted by molar-refractivity contribution is 5.91. The Balaban J connectivity index is 1.16. The second-order valence-electron chi connectivity index (χ2n) is 13.0. The molecule has 1 atom stereocenters. The van der Waals surface area contributed by atoms with Crippen LogP contribution in [-0.4, -0.2) is 39.5 Å². The van der Waals surface area contributed by atoms with Crippen LogP contribution in [0.3, 0.4) is 0 Å². The molecule has 4 aliphatic carbocycles. The fourth-order valence-electron chi connectivity index (χ4n) is 9.04. The fourth-order valence-corrected chi connectivity index (χ4v) is 9.04. The van der Waals surface area contributed by atoms with E-state index in [4.69, 9.17) is 9.72 Å². The number of ether oxygens (including phenoxy) is 1. The minimum absolute atomic E-state index is 0.0958. The van der Waals surface area contributed by atoms with Crippen LogP contribution in [-0.2, 0) is 33.8 Å². The van der Waals surface area contributed by atoms with Crippen LogP contribution in [0.1, 0.15) is 73.4 Å². The zero-order valence-electron chi connectivity index (χ0n) is 23.4. The maximum absolute atomic E-state index is 14.3. The predicted molar refractivity (Wildman–Crippen MR) is 152 cm³/mol. The normalized spacial score (nSPS) is 28.5. The van der Waals surface area contributed by atoms with Gasteiger partial charge in [-0.1, -0.05) is 60.7 Å². The lowest BCUT2D eigenvalue weighted by atomic mass is 9.49. The van der Waals surface area contributed by atoms with Crippen LogP contribution >= 0.6 is 0 Å². The first kappa shape index (κ1) is 25.6. The van der Waals surface area contributed by atoms with E-state index in [2.05, 4.69) is 4.57 Å². The summed E-state index contributed by atoms with van der Waals surface area (Å²) in [4.78, 5) is 34.0. The molecule has 208 valence electrons. The molecule has 6 heteroatoms. The van der Waals surface area contributed by atoms with Crippen molar-refractivity contribution in [3.05, 3.63) is 89.5 Å². The number of hydrogen-bond donors (Lipinski definition) is 0. The zero-order valence-corrected chi connectivity index (χ0v) is 23.4. The van der Waals surface area contributed by atoms with Crippen molar-refractivity contribution in [3.63, 3.8) is 0 Å². The van der Waals surface area contributed by atoms with Gasteiger partial charge in [-0.2, -0.15) is 0 Å². The molecule has 4 fully saturated rings. The highest BCUT2D eigenvalue weighted by Gasteiger charge is 2.50. The number of nitrogens with zero attached hydrogens (tertiary/aromatic N) is 3. The highest BCUT2D eigenvalue weighted by atomic mass is 16.5. The first-order valence-corrected chi connectivity index (χ1v) is 15.0. The van der Waals surface area contributed by atoms with Crippen molar-refractivity contribution in [2.24, 2.45) is 23.2 Å². The van der Waals surface area contributed by atoms with Crippen LogP contribution < -0.4 is 0 Å². The summed E-state index contributed by atoms with van der Waals surface area (Å²) in [6.45, 7) is 1.25. The monoisotopic (exact) mass is 537 g/mol. The molecule has 8 rings (SSSR count). The van der Waals surface area contributed by atoms with Crippen molar-refractivity contribution in [2.45, 2.75) is 76.4 Å². The summed E-state index contributed by atoms with van der Waals surface area (Å²) in [6, 6.07) is 19.0. The third-order valence-electron chi connectivity index (χ3n) is 10.4. The van der Waals surface area contributed by atoms with Gasteiger partial charge in [-0.3, -0.25) is 4.79 Å². The van der Waals surface area contributed by atoms with Crippen molar-refractivity contribution < 1.29 is 14.3 Å². The van der Waals surface area contributed by atoms with E-state index in [1.807, 2.05) is 67.0 Å². The zero-order chi connectivity index (χ0) is 27.3. The summed E-state index contributed by atoms with van der Waals surface area (Å²) in [5.41, 5.74) is 4.30. The van der Waals surface area contributed by atoms with E-state index in [-0.39, 0.29) is 11.9 Å². The molecule has 0 N–H and O–H groups in total. The summed E-state index contributed by atoms with van der Waals surface area (Å²) in [5.74, 6) is 1.85. The topological polar surface area (TPSA) is 64.4 Å². The first-order valence-electron chi connectivity index (χ1n) is 15.0. The van der Waals surface area contributed by atoms with Crippen LogP contribution in [0.25, 0.3) is 0 Å². The van der Waals surface area contributed by atoms with Gasteiger partial charge >= 0.3 is 5.97 Å². The Morgan fingerprint density at radius 3 is 2.05 bits per heavy atom. The van der Waals surface area contributed by atoms with E-state index in [0.29, 0.717) is 18.4 Å². The largest absolute Gasteiger partial charge is 0.467 e. The number of imidazole rings is 1. The van der Waals surface area contributed by atoms with Gasteiger partial charge in [-0.05, 0) is 79.2 Å². The van der Waals surface area contributed by atoms with Gasteiger partial charge in [0.1, 0.15) is 6.04 Å². The summed E-state index contributed by atoms with van der Waals surface area (Å²) in [6.07, 6.45) is 12.1. The molecule has 0 unspecified atom stereocenters. The maximum Gasteiger partial charge on any atom is 0.328 e. The molecule has 0 spiro atoms. The molecule has 4 bridgehead atoms. The van der Waals surface area contributed by atoms with Gasteiger partial charge in [0.2, 0.25) is 5.91 Å². The lowest BCUT2D eigenvalue weighted by Crippen LogP contribution is -2.51. The molecule has 2 aromatic carbocycles. The van der Waals surface area contributed by atoms with E-state index in [0.717, 1.165) is 46.8 Å². The van der Waals surface area contributed by atoms with Crippen LogP contribution in [0.15, 0.2) is 67.0 Å². The lowest BCUT2D eigenvalue weighted by Gasteiger charge is -2.57. The second-order valence-corrected chi connectivity index (χ2v) is 13.0. The van der Waals surface area contributed by atoms with Crippen molar-refractivity contribution in [1.82, 2.24) is 14.5 Å². The summed E-state index contributed by atoms with van der Waals surface area (Å²) < 4.78 is 7.53. The molecule has 5 aliphatic rings. The molecular weight excluding hydrogens is 498 g/mol. The minimum Gasteiger partial charge on any atom is -0.467 e. The number of hydrogen-bond acceptors (Lipinski definition) is 4. The number of aromatic nitrogens is 2. The van der Waals surface area contributed by atoms with E-state index >= 15 is 0 Å². The van der Waals surface area contributed by atoms with E-state index in [1.54, 1.807) is 4.90 Å². The fraction of sp³-hybridized carbons (Fsp3) is 0.500. The molecule has 1 amide bonds. The van der Waals surface area contributed by atoms with Crippen molar-refractivity contribution in [2.75, 3.05) is 7.11 Å². The molecule has 2 heterocycles. The second kappa shape index (κ2) is 10.2. The molecule has 4 saturated carbocycles. The molecule has 1 aromatic heterocycles. The summed E-state index contributed by atoms with van der Waals surface area (Å²) in [5, 5.41) is 0. The third-order valence-corrected chi connectivity index (χ3v) is 10.4. The number of carbonyl (C=O) groups is 2. The Morgan fingerprint density at radius 2 is 1.50 bits per heavy atom. The van der Waals surface area contributed by atoms with Crippen molar-refractivity contribution in [3.8, 4) is 0 Å². The number of methoxy groups -OCH3 is 1. The molecule has 1 aliphatic heterocycles. The molecular formula is C34H39N3O3. The Bertz CT molecular complexity index is 1310. The van der Waals surface area contributed by atoms with Gasteiger partial charge in [0.05, 0.1) is 31.6 Å². The molecule has 40 heavy (non-hydrogen) atoms. The SMILES string of the molecule is COC(=O)[C@@H]1Cc2c(ncn2CCC23CC4CC(CC(C4)C2)C3)CN1C(=O)C(c1ccccc1)c1ccccc1. The Hall–Kier alpha value is -3.41.